The number of hydrogen-bond acceptors (Lipinski definition) is 3. The Hall–Kier alpha value is -1.40. The fourth-order valence-corrected chi connectivity index (χ4v) is 5.96. The lowest BCUT2D eigenvalue weighted by Crippen LogP contribution is -2.42. The van der Waals surface area contributed by atoms with Crippen LogP contribution in [0.15, 0.2) is 23.1 Å². The second kappa shape index (κ2) is 6.97. The first-order valence-electron chi connectivity index (χ1n) is 9.94. The predicted octanol–water partition coefficient (Wildman–Crippen LogP) is 3.33. The number of carbonyl (C=O) groups is 1. The molecule has 1 atom stereocenters. The van der Waals surface area contributed by atoms with Gasteiger partial charge in [-0.25, -0.2) is 8.42 Å². The molecule has 1 saturated carbocycles. The molecule has 1 aromatic rings. The van der Waals surface area contributed by atoms with Crippen LogP contribution in [0.25, 0.3) is 0 Å². The minimum atomic E-state index is -3.44. The van der Waals surface area contributed by atoms with Crippen LogP contribution >= 0.6 is 0 Å². The Morgan fingerprint density at radius 1 is 1.04 bits per heavy atom. The molecule has 2 aliphatic heterocycles. The summed E-state index contributed by atoms with van der Waals surface area (Å²) in [7, 11) is -3.44. The highest BCUT2D eigenvalue weighted by molar-refractivity contribution is 7.89. The van der Waals surface area contributed by atoms with Crippen LogP contribution in [-0.2, 0) is 21.2 Å². The lowest BCUT2D eigenvalue weighted by molar-refractivity contribution is -0.125. The molecule has 6 heteroatoms. The number of rotatable bonds is 3. The van der Waals surface area contributed by atoms with E-state index < -0.39 is 10.0 Å². The largest absolute Gasteiger partial charge is 0.309 e. The van der Waals surface area contributed by atoms with E-state index in [1.54, 1.807) is 16.4 Å². The van der Waals surface area contributed by atoms with E-state index in [1.807, 2.05) is 11.0 Å². The average molecular weight is 377 g/mol. The summed E-state index contributed by atoms with van der Waals surface area (Å²) in [5.74, 6) is 0.370. The van der Waals surface area contributed by atoms with Crippen molar-refractivity contribution in [3.8, 4) is 0 Å². The molecule has 1 saturated heterocycles. The first-order valence-corrected chi connectivity index (χ1v) is 11.4. The van der Waals surface area contributed by atoms with Crippen LogP contribution in [0.1, 0.15) is 57.4 Å². The molecule has 5 nitrogen and oxygen atoms in total. The zero-order valence-electron chi connectivity index (χ0n) is 15.5. The molecule has 0 spiro atoms. The SMILES string of the molecule is C[C@H]1Cc2cc(S(=O)(=O)N3CCCCCC3)ccc2N1C(=O)C1CCC1. The van der Waals surface area contributed by atoms with Gasteiger partial charge in [-0.2, -0.15) is 4.31 Å². The summed E-state index contributed by atoms with van der Waals surface area (Å²) >= 11 is 0. The normalized spacial score (nSPS) is 24.8. The Morgan fingerprint density at radius 2 is 1.73 bits per heavy atom. The molecule has 4 rings (SSSR count). The van der Waals surface area contributed by atoms with Gasteiger partial charge in [-0.1, -0.05) is 19.3 Å². The number of sulfonamides is 1. The number of benzene rings is 1. The number of fused-ring (bicyclic) bond motifs is 1. The molecule has 0 N–H and O–H groups in total. The third kappa shape index (κ3) is 3.07. The molecular weight excluding hydrogens is 348 g/mol. The van der Waals surface area contributed by atoms with E-state index in [4.69, 9.17) is 0 Å². The van der Waals surface area contributed by atoms with Crippen molar-refractivity contribution in [2.75, 3.05) is 18.0 Å². The third-order valence-corrected chi connectivity index (χ3v) is 8.06. The predicted molar refractivity (Wildman–Crippen MR) is 102 cm³/mol. The van der Waals surface area contributed by atoms with Crippen LogP contribution in [0.2, 0.25) is 0 Å². The molecule has 2 fully saturated rings. The molecule has 142 valence electrons. The van der Waals surface area contributed by atoms with E-state index in [1.165, 1.54) is 0 Å². The molecule has 0 bridgehead atoms. The van der Waals surface area contributed by atoms with Crippen molar-refractivity contribution in [1.29, 1.82) is 0 Å². The highest BCUT2D eigenvalue weighted by Gasteiger charge is 2.37. The van der Waals surface area contributed by atoms with Gasteiger partial charge in [-0.05, 0) is 62.8 Å². The lowest BCUT2D eigenvalue weighted by atomic mass is 9.84. The maximum absolute atomic E-state index is 13.0. The lowest BCUT2D eigenvalue weighted by Gasteiger charge is -2.32. The van der Waals surface area contributed by atoms with Crippen molar-refractivity contribution in [2.45, 2.75) is 69.2 Å². The van der Waals surface area contributed by atoms with Gasteiger partial charge in [0.15, 0.2) is 0 Å². The van der Waals surface area contributed by atoms with Crippen molar-refractivity contribution < 1.29 is 13.2 Å². The Morgan fingerprint density at radius 3 is 2.35 bits per heavy atom. The third-order valence-electron chi connectivity index (χ3n) is 6.16. The van der Waals surface area contributed by atoms with Crippen molar-refractivity contribution in [2.24, 2.45) is 5.92 Å². The van der Waals surface area contributed by atoms with Crippen molar-refractivity contribution in [3.63, 3.8) is 0 Å². The van der Waals surface area contributed by atoms with E-state index in [-0.39, 0.29) is 17.9 Å². The molecule has 1 aromatic carbocycles. The number of nitrogens with zero attached hydrogens (tertiary/aromatic N) is 2. The average Bonchev–Trinajstić information content (AvgIpc) is 2.73. The van der Waals surface area contributed by atoms with Crippen molar-refractivity contribution in [1.82, 2.24) is 4.31 Å². The van der Waals surface area contributed by atoms with E-state index in [0.717, 1.165) is 62.6 Å². The summed E-state index contributed by atoms with van der Waals surface area (Å²) in [6.07, 6.45) is 7.92. The van der Waals surface area contributed by atoms with Gasteiger partial charge >= 0.3 is 0 Å². The molecule has 2 heterocycles. The van der Waals surface area contributed by atoms with Gasteiger partial charge in [-0.15, -0.1) is 0 Å². The van der Waals surface area contributed by atoms with Gasteiger partial charge in [0.1, 0.15) is 0 Å². The minimum Gasteiger partial charge on any atom is -0.309 e. The van der Waals surface area contributed by atoms with Crippen LogP contribution in [-0.4, -0.2) is 37.8 Å². The molecule has 3 aliphatic rings. The quantitative estimate of drug-likeness (QED) is 0.813. The maximum Gasteiger partial charge on any atom is 0.243 e. The fourth-order valence-electron chi connectivity index (χ4n) is 4.39. The van der Waals surface area contributed by atoms with E-state index in [2.05, 4.69) is 6.92 Å². The number of carbonyl (C=O) groups excluding carboxylic acids is 1. The topological polar surface area (TPSA) is 57.7 Å². The number of hydrogen-bond donors (Lipinski definition) is 0. The van der Waals surface area contributed by atoms with Gasteiger partial charge < -0.3 is 4.90 Å². The zero-order chi connectivity index (χ0) is 18.3. The minimum absolute atomic E-state index is 0.106. The van der Waals surface area contributed by atoms with Gasteiger partial charge in [-0.3, -0.25) is 4.79 Å². The molecule has 0 aromatic heterocycles. The molecular formula is C20H28N2O3S. The summed E-state index contributed by atoms with van der Waals surface area (Å²) in [6.45, 7) is 3.28. The molecule has 1 amide bonds. The maximum atomic E-state index is 13.0. The van der Waals surface area contributed by atoms with E-state index in [0.29, 0.717) is 18.0 Å². The molecule has 1 aliphatic carbocycles. The fraction of sp³-hybridized carbons (Fsp3) is 0.650. The summed E-state index contributed by atoms with van der Waals surface area (Å²) in [6, 6.07) is 5.45. The van der Waals surface area contributed by atoms with Crippen LogP contribution in [0.3, 0.4) is 0 Å². The smallest absolute Gasteiger partial charge is 0.243 e. The van der Waals surface area contributed by atoms with Crippen LogP contribution in [0.5, 0.6) is 0 Å². The molecule has 26 heavy (non-hydrogen) atoms. The van der Waals surface area contributed by atoms with Gasteiger partial charge in [0.25, 0.3) is 0 Å². The summed E-state index contributed by atoms with van der Waals surface area (Å²) < 4.78 is 27.7. The zero-order valence-corrected chi connectivity index (χ0v) is 16.3. The van der Waals surface area contributed by atoms with Crippen LogP contribution in [0.4, 0.5) is 5.69 Å². The van der Waals surface area contributed by atoms with Crippen LogP contribution < -0.4 is 4.90 Å². The number of anilines is 1. The first kappa shape index (κ1) is 18.0. The summed E-state index contributed by atoms with van der Waals surface area (Å²) in [5.41, 5.74) is 1.89. The Kier molecular flexibility index (Phi) is 4.82. The Bertz CT molecular complexity index is 793. The van der Waals surface area contributed by atoms with E-state index >= 15 is 0 Å². The van der Waals surface area contributed by atoms with Crippen molar-refractivity contribution >= 4 is 21.6 Å². The first-order chi connectivity index (χ1) is 12.5. The molecule has 0 unspecified atom stereocenters. The van der Waals surface area contributed by atoms with E-state index in [9.17, 15) is 13.2 Å². The van der Waals surface area contributed by atoms with Crippen molar-refractivity contribution in [3.05, 3.63) is 23.8 Å². The standard InChI is InChI=1S/C20H28N2O3S/c1-15-13-17-14-18(26(24,25)21-11-4-2-3-5-12-21)9-10-19(17)22(15)20(23)16-7-6-8-16/h9-10,14-16H,2-8,11-13H2,1H3/t15-/m0/s1. The van der Waals surface area contributed by atoms with Crippen LogP contribution in [0, 0.1) is 5.92 Å². The Labute approximate surface area is 156 Å². The number of amides is 1. The highest BCUT2D eigenvalue weighted by atomic mass is 32.2. The van der Waals surface area contributed by atoms with Gasteiger partial charge in [0.2, 0.25) is 15.9 Å². The second-order valence-corrected chi connectivity index (χ2v) is 9.94. The monoisotopic (exact) mass is 376 g/mol. The highest BCUT2D eigenvalue weighted by Crippen LogP contribution is 2.38. The Balaban J connectivity index is 1.61. The summed E-state index contributed by atoms with van der Waals surface area (Å²) in [4.78, 5) is 15.0. The van der Waals surface area contributed by atoms with Gasteiger partial charge in [0.05, 0.1) is 4.90 Å². The molecule has 0 radical (unpaired) electrons. The van der Waals surface area contributed by atoms with Gasteiger partial charge in [0, 0.05) is 30.7 Å². The summed E-state index contributed by atoms with van der Waals surface area (Å²) in [5, 5.41) is 0. The second-order valence-electron chi connectivity index (χ2n) is 8.00.